The zero-order valence-electron chi connectivity index (χ0n) is 6.83. The SMILES string of the molecule is COC(C=O)c1cc(Br)c(C)s1. The van der Waals surface area contributed by atoms with Gasteiger partial charge in [0.1, 0.15) is 6.10 Å². The molecule has 0 aliphatic carbocycles. The largest absolute Gasteiger partial charge is 0.368 e. The summed E-state index contributed by atoms with van der Waals surface area (Å²) in [6, 6.07) is 1.92. The smallest absolute Gasteiger partial charge is 0.154 e. The molecule has 1 aromatic rings. The Morgan fingerprint density at radius 1 is 1.75 bits per heavy atom. The van der Waals surface area contributed by atoms with Crippen molar-refractivity contribution >= 4 is 33.6 Å². The molecule has 4 heteroatoms. The summed E-state index contributed by atoms with van der Waals surface area (Å²) in [5, 5.41) is 0. The van der Waals surface area contributed by atoms with Gasteiger partial charge >= 0.3 is 0 Å². The number of methoxy groups -OCH3 is 1. The van der Waals surface area contributed by atoms with Crippen LogP contribution in [0.1, 0.15) is 15.9 Å². The number of carbonyl (C=O) groups is 1. The van der Waals surface area contributed by atoms with Crippen LogP contribution < -0.4 is 0 Å². The third kappa shape index (κ3) is 1.94. The molecule has 0 aliphatic rings. The minimum absolute atomic E-state index is 0.417. The van der Waals surface area contributed by atoms with Crippen LogP contribution in [0.15, 0.2) is 10.5 Å². The van der Waals surface area contributed by atoms with E-state index in [1.54, 1.807) is 11.3 Å². The Morgan fingerprint density at radius 3 is 2.75 bits per heavy atom. The highest BCUT2D eigenvalue weighted by Gasteiger charge is 2.12. The van der Waals surface area contributed by atoms with Crippen LogP contribution in [-0.4, -0.2) is 13.4 Å². The van der Waals surface area contributed by atoms with Gasteiger partial charge in [-0.3, -0.25) is 0 Å². The first-order valence-corrected chi connectivity index (χ1v) is 5.04. The normalized spacial score (nSPS) is 12.9. The molecule has 0 amide bonds. The Labute approximate surface area is 83.7 Å². The van der Waals surface area contributed by atoms with Gasteiger partial charge < -0.3 is 9.53 Å². The van der Waals surface area contributed by atoms with E-state index in [0.717, 1.165) is 20.5 Å². The van der Waals surface area contributed by atoms with E-state index in [0.29, 0.717) is 0 Å². The number of thiophene rings is 1. The summed E-state index contributed by atoms with van der Waals surface area (Å²) in [5.41, 5.74) is 0. The molecule has 0 fully saturated rings. The first-order chi connectivity index (χ1) is 5.69. The highest BCUT2D eigenvalue weighted by Crippen LogP contribution is 2.30. The first kappa shape index (κ1) is 9.89. The van der Waals surface area contributed by atoms with Crippen molar-refractivity contribution in [3.8, 4) is 0 Å². The van der Waals surface area contributed by atoms with Gasteiger partial charge in [0.2, 0.25) is 0 Å². The first-order valence-electron chi connectivity index (χ1n) is 3.43. The average Bonchev–Trinajstić information content (AvgIpc) is 2.35. The molecular weight excluding hydrogens is 240 g/mol. The molecule has 1 atom stereocenters. The lowest BCUT2D eigenvalue weighted by atomic mass is 10.3. The number of halogens is 1. The maximum atomic E-state index is 10.5. The van der Waals surface area contributed by atoms with Gasteiger partial charge in [0.25, 0.3) is 0 Å². The lowest BCUT2D eigenvalue weighted by molar-refractivity contribution is -0.116. The molecule has 1 rings (SSSR count). The summed E-state index contributed by atoms with van der Waals surface area (Å²) in [6.07, 6.45) is 0.387. The van der Waals surface area contributed by atoms with Gasteiger partial charge in [0.05, 0.1) is 0 Å². The molecule has 0 radical (unpaired) electrons. The summed E-state index contributed by atoms with van der Waals surface area (Å²) in [6.45, 7) is 2.00. The van der Waals surface area contributed by atoms with Crippen LogP contribution in [0.4, 0.5) is 0 Å². The van der Waals surface area contributed by atoms with Gasteiger partial charge in [0, 0.05) is 21.3 Å². The number of hydrogen-bond acceptors (Lipinski definition) is 3. The third-order valence-corrected chi connectivity index (χ3v) is 3.73. The Bertz CT molecular complexity index is 263. The molecular formula is C8H9BrO2S. The Hall–Kier alpha value is -0.190. The van der Waals surface area contributed by atoms with Crippen molar-refractivity contribution in [2.75, 3.05) is 7.11 Å². The number of hydrogen-bond donors (Lipinski definition) is 0. The van der Waals surface area contributed by atoms with Gasteiger partial charge in [-0.25, -0.2) is 0 Å². The molecule has 12 heavy (non-hydrogen) atoms. The maximum absolute atomic E-state index is 10.5. The third-order valence-electron chi connectivity index (χ3n) is 1.53. The number of ether oxygens (including phenoxy) is 1. The van der Waals surface area contributed by atoms with E-state index in [9.17, 15) is 4.79 Å². The standard InChI is InChI=1S/C8H9BrO2S/c1-5-6(9)3-8(12-5)7(4-10)11-2/h3-4,7H,1-2H3. The fourth-order valence-electron chi connectivity index (χ4n) is 0.861. The topological polar surface area (TPSA) is 26.3 Å². The zero-order chi connectivity index (χ0) is 9.14. The van der Waals surface area contributed by atoms with E-state index in [4.69, 9.17) is 4.74 Å². The van der Waals surface area contributed by atoms with Crippen molar-refractivity contribution < 1.29 is 9.53 Å². The second-order valence-corrected chi connectivity index (χ2v) is 4.49. The number of aldehydes is 1. The fourth-order valence-corrected chi connectivity index (χ4v) is 2.46. The van der Waals surface area contributed by atoms with Crippen LogP contribution in [0, 0.1) is 6.92 Å². The summed E-state index contributed by atoms with van der Waals surface area (Å²) < 4.78 is 6.01. The van der Waals surface area contributed by atoms with E-state index in [-0.39, 0.29) is 0 Å². The zero-order valence-corrected chi connectivity index (χ0v) is 9.24. The minimum Gasteiger partial charge on any atom is -0.368 e. The molecule has 0 aliphatic heterocycles. The Balaban J connectivity index is 2.94. The van der Waals surface area contributed by atoms with Crippen LogP contribution >= 0.6 is 27.3 Å². The Morgan fingerprint density at radius 2 is 2.42 bits per heavy atom. The number of rotatable bonds is 3. The maximum Gasteiger partial charge on any atom is 0.154 e. The monoisotopic (exact) mass is 248 g/mol. The Kier molecular flexibility index (Phi) is 3.43. The van der Waals surface area contributed by atoms with Gasteiger partial charge in [0.15, 0.2) is 6.29 Å². The lowest BCUT2D eigenvalue weighted by Crippen LogP contribution is -1.99. The molecule has 0 saturated carbocycles. The minimum atomic E-state index is -0.417. The summed E-state index contributed by atoms with van der Waals surface area (Å²) >= 11 is 4.95. The molecule has 0 N–H and O–H groups in total. The molecule has 66 valence electrons. The van der Waals surface area contributed by atoms with Crippen molar-refractivity contribution in [1.29, 1.82) is 0 Å². The van der Waals surface area contributed by atoms with E-state index in [1.165, 1.54) is 7.11 Å². The molecule has 1 unspecified atom stereocenters. The molecule has 1 aromatic heterocycles. The molecule has 0 saturated heterocycles. The van der Waals surface area contributed by atoms with E-state index < -0.39 is 6.10 Å². The summed E-state index contributed by atoms with van der Waals surface area (Å²) in [5.74, 6) is 0. The second-order valence-electron chi connectivity index (χ2n) is 2.35. The van der Waals surface area contributed by atoms with Crippen molar-refractivity contribution in [3.63, 3.8) is 0 Å². The predicted octanol–water partition coefficient (Wildman–Crippen LogP) is 2.71. The van der Waals surface area contributed by atoms with Crippen molar-refractivity contribution in [2.24, 2.45) is 0 Å². The average molecular weight is 249 g/mol. The van der Waals surface area contributed by atoms with Gasteiger partial charge in [-0.2, -0.15) is 0 Å². The van der Waals surface area contributed by atoms with Gasteiger partial charge in [-0.15, -0.1) is 11.3 Å². The highest BCUT2D eigenvalue weighted by atomic mass is 79.9. The van der Waals surface area contributed by atoms with Crippen molar-refractivity contribution in [2.45, 2.75) is 13.0 Å². The van der Waals surface area contributed by atoms with E-state index >= 15 is 0 Å². The number of carbonyl (C=O) groups excluding carboxylic acids is 1. The van der Waals surface area contributed by atoms with Gasteiger partial charge in [-0.05, 0) is 28.9 Å². The van der Waals surface area contributed by atoms with Gasteiger partial charge in [-0.1, -0.05) is 0 Å². The fraction of sp³-hybridized carbons (Fsp3) is 0.375. The molecule has 0 aromatic carbocycles. The molecule has 1 heterocycles. The van der Waals surface area contributed by atoms with Crippen LogP contribution in [0.2, 0.25) is 0 Å². The molecule has 0 bridgehead atoms. The summed E-state index contributed by atoms with van der Waals surface area (Å²) in [4.78, 5) is 12.6. The van der Waals surface area contributed by atoms with Crippen LogP contribution in [0.25, 0.3) is 0 Å². The number of aryl methyl sites for hydroxylation is 1. The lowest BCUT2D eigenvalue weighted by Gasteiger charge is -2.03. The molecule has 2 nitrogen and oxygen atoms in total. The van der Waals surface area contributed by atoms with Crippen molar-refractivity contribution in [1.82, 2.24) is 0 Å². The predicted molar refractivity (Wildman–Crippen MR) is 52.6 cm³/mol. The second kappa shape index (κ2) is 4.16. The van der Waals surface area contributed by atoms with Crippen LogP contribution in [-0.2, 0) is 9.53 Å². The van der Waals surface area contributed by atoms with E-state index in [1.807, 2.05) is 13.0 Å². The van der Waals surface area contributed by atoms with Crippen molar-refractivity contribution in [3.05, 3.63) is 20.3 Å². The van der Waals surface area contributed by atoms with Crippen LogP contribution in [0.5, 0.6) is 0 Å². The highest BCUT2D eigenvalue weighted by molar-refractivity contribution is 9.10. The molecule has 0 spiro atoms. The van der Waals surface area contributed by atoms with Crippen LogP contribution in [0.3, 0.4) is 0 Å². The quantitative estimate of drug-likeness (QED) is 0.770. The van der Waals surface area contributed by atoms with E-state index in [2.05, 4.69) is 15.9 Å². The summed E-state index contributed by atoms with van der Waals surface area (Å²) in [7, 11) is 1.53.